The average molecular weight is 406 g/mol. The van der Waals surface area contributed by atoms with Crippen molar-refractivity contribution in [1.29, 1.82) is 0 Å². The Morgan fingerprint density at radius 1 is 0.933 bits per heavy atom. The summed E-state index contributed by atoms with van der Waals surface area (Å²) in [6, 6.07) is 14.9. The second-order valence-corrected chi connectivity index (χ2v) is 6.84. The van der Waals surface area contributed by atoms with Crippen LogP contribution < -0.4 is 20.1 Å². The first kappa shape index (κ1) is 21.1. The van der Waals surface area contributed by atoms with Gasteiger partial charge in [0.05, 0.1) is 25.5 Å². The number of ether oxygens (including phenoxy) is 2. The Morgan fingerprint density at radius 3 is 2.33 bits per heavy atom. The quantitative estimate of drug-likeness (QED) is 0.591. The van der Waals surface area contributed by atoms with Gasteiger partial charge in [-0.05, 0) is 56.2 Å². The van der Waals surface area contributed by atoms with Gasteiger partial charge in [-0.3, -0.25) is 4.79 Å². The van der Waals surface area contributed by atoms with Crippen molar-refractivity contribution in [1.82, 2.24) is 15.3 Å². The van der Waals surface area contributed by atoms with E-state index in [-0.39, 0.29) is 5.91 Å². The van der Waals surface area contributed by atoms with Crippen molar-refractivity contribution in [3.8, 4) is 11.5 Å². The molecule has 3 aromatic rings. The van der Waals surface area contributed by atoms with Gasteiger partial charge in [0.2, 0.25) is 5.95 Å². The molecular formula is C23H26N4O3. The second kappa shape index (κ2) is 9.73. The highest BCUT2D eigenvalue weighted by Crippen LogP contribution is 2.27. The van der Waals surface area contributed by atoms with Crippen LogP contribution in [-0.4, -0.2) is 36.6 Å². The van der Waals surface area contributed by atoms with Gasteiger partial charge in [-0.1, -0.05) is 18.2 Å². The molecule has 2 aromatic carbocycles. The predicted octanol–water partition coefficient (Wildman–Crippen LogP) is 3.83. The largest absolute Gasteiger partial charge is 0.493 e. The number of benzene rings is 2. The molecule has 1 aromatic heterocycles. The molecule has 0 bridgehead atoms. The van der Waals surface area contributed by atoms with Crippen LogP contribution in [0.25, 0.3) is 0 Å². The van der Waals surface area contributed by atoms with Crippen LogP contribution in [0, 0.1) is 13.8 Å². The normalized spacial score (nSPS) is 10.4. The Bertz CT molecular complexity index is 1020. The molecule has 0 unspecified atom stereocenters. The highest BCUT2D eigenvalue weighted by atomic mass is 16.5. The maximum atomic E-state index is 12.8. The van der Waals surface area contributed by atoms with Gasteiger partial charge in [0, 0.05) is 17.9 Å². The number of methoxy groups -OCH3 is 2. The molecule has 156 valence electrons. The van der Waals surface area contributed by atoms with Gasteiger partial charge in [-0.15, -0.1) is 0 Å². The van der Waals surface area contributed by atoms with Gasteiger partial charge in [0.25, 0.3) is 5.91 Å². The molecule has 2 N–H and O–H groups in total. The molecule has 0 spiro atoms. The van der Waals surface area contributed by atoms with Crippen molar-refractivity contribution in [3.05, 3.63) is 71.0 Å². The summed E-state index contributed by atoms with van der Waals surface area (Å²) in [5, 5.41) is 6.13. The molecule has 0 fully saturated rings. The number of aromatic nitrogens is 2. The Morgan fingerprint density at radius 2 is 1.63 bits per heavy atom. The average Bonchev–Trinajstić information content (AvgIpc) is 2.73. The van der Waals surface area contributed by atoms with Crippen molar-refractivity contribution >= 4 is 17.5 Å². The molecule has 7 nitrogen and oxygen atoms in total. The lowest BCUT2D eigenvalue weighted by Crippen LogP contribution is -2.26. The monoisotopic (exact) mass is 406 g/mol. The molecule has 0 atom stereocenters. The van der Waals surface area contributed by atoms with E-state index >= 15 is 0 Å². The first-order valence-electron chi connectivity index (χ1n) is 9.67. The summed E-state index contributed by atoms with van der Waals surface area (Å²) < 4.78 is 10.6. The van der Waals surface area contributed by atoms with E-state index in [1.54, 1.807) is 20.3 Å². The predicted molar refractivity (Wildman–Crippen MR) is 117 cm³/mol. The number of hydrogen-bond acceptors (Lipinski definition) is 6. The third-order valence-electron chi connectivity index (χ3n) is 4.55. The zero-order valence-corrected chi connectivity index (χ0v) is 17.7. The van der Waals surface area contributed by atoms with E-state index in [2.05, 4.69) is 20.6 Å². The lowest BCUT2D eigenvalue weighted by atomic mass is 10.1. The van der Waals surface area contributed by atoms with E-state index in [0.717, 1.165) is 17.0 Å². The first-order valence-corrected chi connectivity index (χ1v) is 9.67. The topological polar surface area (TPSA) is 85.4 Å². The van der Waals surface area contributed by atoms with Crippen molar-refractivity contribution in [2.24, 2.45) is 0 Å². The maximum absolute atomic E-state index is 12.8. The van der Waals surface area contributed by atoms with Crippen LogP contribution in [-0.2, 0) is 6.42 Å². The van der Waals surface area contributed by atoms with E-state index in [4.69, 9.17) is 9.47 Å². The standard InChI is InChI=1S/C23H26N4O3/c1-15-13-16(2)26-23(25-15)27-19-8-6-5-7-18(19)22(28)24-12-11-17-9-10-20(29-3)21(14-17)30-4/h5-10,13-14H,11-12H2,1-4H3,(H,24,28)(H,25,26,27). The number of carbonyl (C=O) groups excluding carboxylic acids is 1. The molecule has 0 aliphatic rings. The zero-order valence-electron chi connectivity index (χ0n) is 17.7. The highest BCUT2D eigenvalue weighted by molar-refractivity contribution is 6.00. The molecular weight excluding hydrogens is 380 g/mol. The number of carbonyl (C=O) groups is 1. The summed E-state index contributed by atoms with van der Waals surface area (Å²) in [5.41, 5.74) is 3.96. The Labute approximate surface area is 176 Å². The number of hydrogen-bond donors (Lipinski definition) is 2. The van der Waals surface area contributed by atoms with Crippen LogP contribution in [0.5, 0.6) is 11.5 Å². The summed E-state index contributed by atoms with van der Waals surface area (Å²) >= 11 is 0. The minimum Gasteiger partial charge on any atom is -0.493 e. The first-order chi connectivity index (χ1) is 14.5. The van der Waals surface area contributed by atoms with E-state index < -0.39 is 0 Å². The number of amides is 1. The van der Waals surface area contributed by atoms with Gasteiger partial charge in [-0.25, -0.2) is 9.97 Å². The molecule has 0 saturated heterocycles. The Hall–Kier alpha value is -3.61. The molecule has 30 heavy (non-hydrogen) atoms. The number of nitrogens with zero attached hydrogens (tertiary/aromatic N) is 2. The number of para-hydroxylation sites is 1. The number of aryl methyl sites for hydroxylation is 2. The number of rotatable bonds is 8. The molecule has 0 saturated carbocycles. The van der Waals surface area contributed by atoms with Crippen LogP contribution in [0.4, 0.5) is 11.6 Å². The van der Waals surface area contributed by atoms with Crippen molar-refractivity contribution in [2.45, 2.75) is 20.3 Å². The molecule has 7 heteroatoms. The number of nitrogens with one attached hydrogen (secondary N) is 2. The fraction of sp³-hybridized carbons (Fsp3) is 0.261. The summed E-state index contributed by atoms with van der Waals surface area (Å²) in [6.07, 6.45) is 0.669. The minimum atomic E-state index is -0.164. The molecule has 3 rings (SSSR count). The van der Waals surface area contributed by atoms with Crippen molar-refractivity contribution in [2.75, 3.05) is 26.1 Å². The van der Waals surface area contributed by atoms with Crippen molar-refractivity contribution < 1.29 is 14.3 Å². The molecule has 0 aliphatic heterocycles. The lowest BCUT2D eigenvalue weighted by Gasteiger charge is -2.13. The lowest BCUT2D eigenvalue weighted by molar-refractivity contribution is 0.0955. The van der Waals surface area contributed by atoms with Gasteiger partial charge in [0.15, 0.2) is 11.5 Å². The molecule has 1 amide bonds. The number of anilines is 2. The van der Waals surface area contributed by atoms with Crippen LogP contribution in [0.1, 0.15) is 27.3 Å². The zero-order chi connectivity index (χ0) is 21.5. The van der Waals surface area contributed by atoms with Crippen LogP contribution in [0.3, 0.4) is 0 Å². The second-order valence-electron chi connectivity index (χ2n) is 6.84. The molecule has 1 heterocycles. The van der Waals surface area contributed by atoms with Crippen LogP contribution in [0.2, 0.25) is 0 Å². The fourth-order valence-corrected chi connectivity index (χ4v) is 3.14. The van der Waals surface area contributed by atoms with E-state index in [1.165, 1.54) is 0 Å². The summed E-state index contributed by atoms with van der Waals surface area (Å²) in [4.78, 5) is 21.5. The van der Waals surface area contributed by atoms with Crippen LogP contribution in [0.15, 0.2) is 48.5 Å². The highest BCUT2D eigenvalue weighted by Gasteiger charge is 2.12. The summed E-state index contributed by atoms with van der Waals surface area (Å²) in [6.45, 7) is 4.31. The smallest absolute Gasteiger partial charge is 0.253 e. The third kappa shape index (κ3) is 5.26. The maximum Gasteiger partial charge on any atom is 0.253 e. The van der Waals surface area contributed by atoms with Crippen molar-refractivity contribution in [3.63, 3.8) is 0 Å². The van der Waals surface area contributed by atoms with Gasteiger partial charge in [0.1, 0.15) is 0 Å². The molecule has 0 aliphatic carbocycles. The van der Waals surface area contributed by atoms with E-state index in [0.29, 0.717) is 41.7 Å². The van der Waals surface area contributed by atoms with Gasteiger partial charge < -0.3 is 20.1 Å². The van der Waals surface area contributed by atoms with E-state index in [1.807, 2.05) is 56.3 Å². The van der Waals surface area contributed by atoms with E-state index in [9.17, 15) is 4.79 Å². The minimum absolute atomic E-state index is 0.164. The summed E-state index contributed by atoms with van der Waals surface area (Å²) in [5.74, 6) is 1.66. The van der Waals surface area contributed by atoms with Gasteiger partial charge in [-0.2, -0.15) is 0 Å². The molecule has 0 radical (unpaired) electrons. The third-order valence-corrected chi connectivity index (χ3v) is 4.55. The Kier molecular flexibility index (Phi) is 6.85. The van der Waals surface area contributed by atoms with Crippen LogP contribution >= 0.6 is 0 Å². The van der Waals surface area contributed by atoms with Gasteiger partial charge >= 0.3 is 0 Å². The Balaban J connectivity index is 1.66. The summed E-state index contributed by atoms with van der Waals surface area (Å²) in [7, 11) is 3.21. The SMILES string of the molecule is COc1ccc(CCNC(=O)c2ccccc2Nc2nc(C)cc(C)n2)cc1OC. The fourth-order valence-electron chi connectivity index (χ4n) is 3.14.